The summed E-state index contributed by atoms with van der Waals surface area (Å²) in [6.45, 7) is 0.918. The molecule has 1 saturated heterocycles. The van der Waals surface area contributed by atoms with Crippen molar-refractivity contribution in [3.05, 3.63) is 46.4 Å². The molecule has 0 spiro atoms. The van der Waals surface area contributed by atoms with Gasteiger partial charge in [0.15, 0.2) is 0 Å². The predicted molar refractivity (Wildman–Crippen MR) is 86.8 cm³/mol. The minimum atomic E-state index is 0.0807. The van der Waals surface area contributed by atoms with Crippen LogP contribution < -0.4 is 5.73 Å². The molecular weight excluding hydrogens is 314 g/mol. The van der Waals surface area contributed by atoms with Crippen LogP contribution in [0.15, 0.2) is 40.9 Å². The van der Waals surface area contributed by atoms with Gasteiger partial charge in [-0.3, -0.25) is 0 Å². The number of rotatable bonds is 4. The fraction of sp³-hybridized carbons (Fsp3) is 0.412. The molecule has 1 fully saturated rings. The van der Waals surface area contributed by atoms with Crippen LogP contribution in [0.2, 0.25) is 0 Å². The highest BCUT2D eigenvalue weighted by atomic mass is 79.9. The van der Waals surface area contributed by atoms with Gasteiger partial charge in [-0.15, -0.1) is 0 Å². The number of hydrogen-bond donors (Lipinski definition) is 1. The standard InChI is InChI=1S/C17H20BrNO/c18-16-9-8-15(13-5-1-2-6-14(13)16)17(19)10-7-12-4-3-11-20-12/h1-2,5-6,8-9,12,17H,3-4,7,10-11,19H2. The van der Waals surface area contributed by atoms with Gasteiger partial charge in [0.05, 0.1) is 6.10 Å². The first-order valence-corrected chi connectivity index (χ1v) is 8.09. The second-order valence-corrected chi connectivity index (χ2v) is 6.36. The summed E-state index contributed by atoms with van der Waals surface area (Å²) >= 11 is 3.61. The molecule has 1 aliphatic heterocycles. The Kier molecular flexibility index (Phi) is 4.39. The Labute approximate surface area is 128 Å². The molecule has 2 aromatic carbocycles. The second-order valence-electron chi connectivity index (χ2n) is 5.50. The molecule has 0 saturated carbocycles. The maximum absolute atomic E-state index is 6.42. The maximum Gasteiger partial charge on any atom is 0.0576 e. The highest BCUT2D eigenvalue weighted by molar-refractivity contribution is 9.10. The zero-order valence-corrected chi connectivity index (χ0v) is 13.1. The van der Waals surface area contributed by atoms with Gasteiger partial charge in [0.1, 0.15) is 0 Å². The molecule has 20 heavy (non-hydrogen) atoms. The van der Waals surface area contributed by atoms with Gasteiger partial charge in [-0.2, -0.15) is 0 Å². The first-order valence-electron chi connectivity index (χ1n) is 7.30. The molecule has 106 valence electrons. The van der Waals surface area contributed by atoms with E-state index in [9.17, 15) is 0 Å². The minimum Gasteiger partial charge on any atom is -0.378 e. The highest BCUT2D eigenvalue weighted by Crippen LogP contribution is 2.31. The lowest BCUT2D eigenvalue weighted by Gasteiger charge is -2.17. The van der Waals surface area contributed by atoms with Gasteiger partial charge in [-0.05, 0) is 48.1 Å². The summed E-state index contributed by atoms with van der Waals surface area (Å²) in [5, 5.41) is 2.49. The molecule has 0 radical (unpaired) electrons. The van der Waals surface area contributed by atoms with E-state index in [4.69, 9.17) is 10.5 Å². The minimum absolute atomic E-state index is 0.0807. The second kappa shape index (κ2) is 6.25. The summed E-state index contributed by atoms with van der Waals surface area (Å²) in [4.78, 5) is 0. The van der Waals surface area contributed by atoms with Crippen molar-refractivity contribution in [3.63, 3.8) is 0 Å². The van der Waals surface area contributed by atoms with Gasteiger partial charge in [-0.25, -0.2) is 0 Å². The molecular formula is C17H20BrNO. The van der Waals surface area contributed by atoms with Crippen molar-refractivity contribution in [1.29, 1.82) is 0 Å². The number of halogens is 1. The number of fused-ring (bicyclic) bond motifs is 1. The van der Waals surface area contributed by atoms with Crippen LogP contribution in [0.25, 0.3) is 10.8 Å². The highest BCUT2D eigenvalue weighted by Gasteiger charge is 2.18. The first kappa shape index (κ1) is 14.1. The normalized spacial score (nSPS) is 20.4. The van der Waals surface area contributed by atoms with Crippen molar-refractivity contribution < 1.29 is 4.74 Å². The van der Waals surface area contributed by atoms with Gasteiger partial charge < -0.3 is 10.5 Å². The molecule has 0 bridgehead atoms. The molecule has 3 rings (SSSR count). The van der Waals surface area contributed by atoms with Crippen LogP contribution in [0, 0.1) is 0 Å². The Morgan fingerprint density at radius 3 is 2.75 bits per heavy atom. The topological polar surface area (TPSA) is 35.2 Å². The summed E-state index contributed by atoms with van der Waals surface area (Å²) in [5.74, 6) is 0. The van der Waals surface area contributed by atoms with Crippen molar-refractivity contribution in [2.45, 2.75) is 37.8 Å². The molecule has 2 N–H and O–H groups in total. The molecule has 0 aromatic heterocycles. The van der Waals surface area contributed by atoms with E-state index in [1.54, 1.807) is 0 Å². The smallest absolute Gasteiger partial charge is 0.0576 e. The van der Waals surface area contributed by atoms with E-state index in [0.717, 1.165) is 23.9 Å². The van der Waals surface area contributed by atoms with E-state index < -0.39 is 0 Å². The summed E-state index contributed by atoms with van der Waals surface area (Å²) in [6.07, 6.45) is 4.85. The van der Waals surface area contributed by atoms with Crippen molar-refractivity contribution in [1.82, 2.24) is 0 Å². The molecule has 3 heteroatoms. The van der Waals surface area contributed by atoms with Crippen LogP contribution in [0.1, 0.15) is 37.3 Å². The van der Waals surface area contributed by atoms with Crippen molar-refractivity contribution in [2.75, 3.05) is 6.61 Å². The lowest BCUT2D eigenvalue weighted by Crippen LogP contribution is -2.14. The molecule has 2 nitrogen and oxygen atoms in total. The van der Waals surface area contributed by atoms with Gasteiger partial charge in [0.25, 0.3) is 0 Å². The van der Waals surface area contributed by atoms with Crippen LogP contribution in [-0.2, 0) is 4.74 Å². The number of benzene rings is 2. The van der Waals surface area contributed by atoms with E-state index in [0.29, 0.717) is 6.10 Å². The Bertz CT molecular complexity index is 593. The summed E-state index contributed by atoms with van der Waals surface area (Å²) < 4.78 is 6.81. The van der Waals surface area contributed by atoms with E-state index in [2.05, 4.69) is 52.3 Å². The molecule has 0 amide bonds. The van der Waals surface area contributed by atoms with Gasteiger partial charge in [-0.1, -0.05) is 46.3 Å². The van der Waals surface area contributed by atoms with Crippen molar-refractivity contribution in [2.24, 2.45) is 5.73 Å². The molecule has 2 unspecified atom stereocenters. The zero-order valence-electron chi connectivity index (χ0n) is 11.5. The summed E-state index contributed by atoms with van der Waals surface area (Å²) in [6, 6.07) is 12.8. The van der Waals surface area contributed by atoms with E-state index in [-0.39, 0.29) is 6.04 Å². The fourth-order valence-electron chi connectivity index (χ4n) is 3.00. The van der Waals surface area contributed by atoms with E-state index in [1.807, 2.05) is 0 Å². The maximum atomic E-state index is 6.42. The fourth-order valence-corrected chi connectivity index (χ4v) is 3.48. The first-order chi connectivity index (χ1) is 9.75. The van der Waals surface area contributed by atoms with Crippen LogP contribution in [0.5, 0.6) is 0 Å². The number of hydrogen-bond acceptors (Lipinski definition) is 2. The van der Waals surface area contributed by atoms with Crippen molar-refractivity contribution in [3.8, 4) is 0 Å². The molecule has 1 heterocycles. The van der Waals surface area contributed by atoms with Gasteiger partial charge >= 0.3 is 0 Å². The number of ether oxygens (including phenoxy) is 1. The van der Waals surface area contributed by atoms with Gasteiger partial charge in [0.2, 0.25) is 0 Å². The average Bonchev–Trinajstić information content (AvgIpc) is 2.99. The van der Waals surface area contributed by atoms with Crippen molar-refractivity contribution >= 4 is 26.7 Å². The van der Waals surface area contributed by atoms with Gasteiger partial charge in [0, 0.05) is 17.1 Å². The quantitative estimate of drug-likeness (QED) is 0.889. The van der Waals surface area contributed by atoms with E-state index >= 15 is 0 Å². The van der Waals surface area contributed by atoms with Crippen LogP contribution in [-0.4, -0.2) is 12.7 Å². The van der Waals surface area contributed by atoms with E-state index in [1.165, 1.54) is 29.2 Å². The third-order valence-corrected chi connectivity index (χ3v) is 4.82. The molecule has 2 aromatic rings. The third kappa shape index (κ3) is 2.90. The molecule has 1 aliphatic rings. The SMILES string of the molecule is NC(CCC1CCCO1)c1ccc(Br)c2ccccc12. The monoisotopic (exact) mass is 333 g/mol. The Morgan fingerprint density at radius 2 is 2.00 bits per heavy atom. The molecule has 0 aliphatic carbocycles. The lowest BCUT2D eigenvalue weighted by atomic mass is 9.95. The van der Waals surface area contributed by atoms with Crippen LogP contribution in [0.4, 0.5) is 0 Å². The lowest BCUT2D eigenvalue weighted by molar-refractivity contribution is 0.101. The zero-order chi connectivity index (χ0) is 13.9. The number of nitrogens with two attached hydrogens (primary N) is 1. The molecule has 2 atom stereocenters. The largest absolute Gasteiger partial charge is 0.378 e. The summed E-state index contributed by atoms with van der Waals surface area (Å²) in [5.41, 5.74) is 7.66. The average molecular weight is 334 g/mol. The van der Waals surface area contributed by atoms with Crippen LogP contribution >= 0.6 is 15.9 Å². The van der Waals surface area contributed by atoms with Crippen LogP contribution in [0.3, 0.4) is 0 Å². The Balaban J connectivity index is 1.80. The summed E-state index contributed by atoms with van der Waals surface area (Å²) in [7, 11) is 0. The Hall–Kier alpha value is -0.900. The third-order valence-electron chi connectivity index (χ3n) is 4.13. The Morgan fingerprint density at radius 1 is 1.20 bits per heavy atom. The predicted octanol–water partition coefficient (Wildman–Crippen LogP) is 4.56.